The molecule has 0 saturated heterocycles. The summed E-state index contributed by atoms with van der Waals surface area (Å²) >= 11 is 2.07. The van der Waals surface area contributed by atoms with Crippen LogP contribution in [0.2, 0.25) is 0 Å². The van der Waals surface area contributed by atoms with E-state index >= 15 is 0 Å². The molecule has 0 fully saturated rings. The van der Waals surface area contributed by atoms with E-state index in [1.807, 2.05) is 13.0 Å². The Hall–Kier alpha value is -0.630. The average Bonchev–Trinajstić information content (AvgIpc) is 2.29. The maximum Gasteiger partial charge on any atom is 0.248 e. The van der Waals surface area contributed by atoms with E-state index in [4.69, 9.17) is 0 Å². The Morgan fingerprint density at radius 1 is 1.33 bits per heavy atom. The van der Waals surface area contributed by atoms with E-state index < -0.39 is 14.6 Å². The van der Waals surface area contributed by atoms with Crippen LogP contribution in [0.1, 0.15) is 20.8 Å². The second kappa shape index (κ2) is 4.19. The number of carbonyl (C=O) groups is 1. The molecule has 1 amide bonds. The molecule has 0 radical (unpaired) electrons. The number of sulfone groups is 1. The van der Waals surface area contributed by atoms with Crippen molar-refractivity contribution in [2.75, 3.05) is 11.4 Å². The molecule has 1 aromatic carbocycles. The van der Waals surface area contributed by atoms with Crippen LogP contribution in [-0.4, -0.2) is 25.6 Å². The first kappa shape index (κ1) is 13.8. The van der Waals surface area contributed by atoms with Gasteiger partial charge < -0.3 is 4.90 Å². The summed E-state index contributed by atoms with van der Waals surface area (Å²) in [5, 5.41) is 0. The molecule has 0 atom stereocenters. The van der Waals surface area contributed by atoms with Crippen molar-refractivity contribution in [2.24, 2.45) is 0 Å². The Bertz CT molecular complexity index is 622. The second-order valence-corrected chi connectivity index (χ2v) is 8.39. The molecule has 0 spiro atoms. The van der Waals surface area contributed by atoms with Gasteiger partial charge in [-0.3, -0.25) is 4.79 Å². The normalized spacial score (nSPS) is 20.7. The third kappa shape index (κ3) is 1.69. The Morgan fingerprint density at radius 3 is 2.50 bits per heavy atom. The topological polar surface area (TPSA) is 54.5 Å². The molecule has 1 heterocycles. The van der Waals surface area contributed by atoms with Crippen molar-refractivity contribution in [3.05, 3.63) is 21.8 Å². The SMILES string of the molecule is CCN1C(=O)C(C)(C)S(=O)(=O)c2cc(I)ccc21. The maximum atomic E-state index is 12.5. The van der Waals surface area contributed by atoms with Crippen LogP contribution in [0.25, 0.3) is 0 Å². The monoisotopic (exact) mass is 379 g/mol. The van der Waals surface area contributed by atoms with Gasteiger partial charge >= 0.3 is 0 Å². The third-order valence-corrected chi connectivity index (χ3v) is 6.35. The summed E-state index contributed by atoms with van der Waals surface area (Å²) in [6.07, 6.45) is 0. The highest BCUT2D eigenvalue weighted by atomic mass is 127. The molecule has 0 saturated carbocycles. The number of nitrogens with zero attached hydrogens (tertiary/aromatic N) is 1. The number of carbonyl (C=O) groups excluding carboxylic acids is 1. The van der Waals surface area contributed by atoms with E-state index in [0.29, 0.717) is 12.2 Å². The zero-order valence-corrected chi connectivity index (χ0v) is 13.4. The molecule has 2 rings (SSSR count). The Kier molecular flexibility index (Phi) is 3.21. The van der Waals surface area contributed by atoms with E-state index in [0.717, 1.165) is 3.57 Å². The van der Waals surface area contributed by atoms with Crippen LogP contribution in [0.3, 0.4) is 0 Å². The van der Waals surface area contributed by atoms with E-state index in [1.54, 1.807) is 12.1 Å². The summed E-state index contributed by atoms with van der Waals surface area (Å²) in [7, 11) is -3.63. The highest BCUT2D eigenvalue weighted by Gasteiger charge is 2.50. The van der Waals surface area contributed by atoms with Crippen LogP contribution in [0.4, 0.5) is 5.69 Å². The van der Waals surface area contributed by atoms with Crippen molar-refractivity contribution in [2.45, 2.75) is 30.4 Å². The molecule has 4 nitrogen and oxygen atoms in total. The minimum absolute atomic E-state index is 0.251. The minimum atomic E-state index is -3.63. The Morgan fingerprint density at radius 2 is 1.94 bits per heavy atom. The van der Waals surface area contributed by atoms with Crippen LogP contribution in [0, 0.1) is 3.57 Å². The molecule has 1 aromatic rings. The molecular weight excluding hydrogens is 365 g/mol. The van der Waals surface area contributed by atoms with Gasteiger partial charge in [0.2, 0.25) is 5.91 Å². The van der Waals surface area contributed by atoms with Crippen LogP contribution in [-0.2, 0) is 14.6 Å². The summed E-state index contributed by atoms with van der Waals surface area (Å²) < 4.78 is 24.4. The van der Waals surface area contributed by atoms with Gasteiger partial charge in [-0.2, -0.15) is 0 Å². The molecule has 98 valence electrons. The Balaban J connectivity index is 2.84. The molecule has 0 aromatic heterocycles. The first-order valence-corrected chi connectivity index (χ1v) is 8.16. The fourth-order valence-electron chi connectivity index (χ4n) is 2.06. The zero-order chi connectivity index (χ0) is 13.7. The van der Waals surface area contributed by atoms with Gasteiger partial charge in [-0.05, 0) is 61.6 Å². The maximum absolute atomic E-state index is 12.5. The van der Waals surface area contributed by atoms with Crippen molar-refractivity contribution < 1.29 is 13.2 Å². The predicted octanol–water partition coefficient (Wildman–Crippen LogP) is 2.21. The smallest absolute Gasteiger partial charge is 0.248 e. The summed E-state index contributed by atoms with van der Waals surface area (Å²) in [6.45, 7) is 5.24. The number of fused-ring (bicyclic) bond motifs is 1. The van der Waals surface area contributed by atoms with E-state index in [1.165, 1.54) is 18.7 Å². The molecule has 0 bridgehead atoms. The number of hydrogen-bond acceptors (Lipinski definition) is 3. The third-order valence-electron chi connectivity index (χ3n) is 3.25. The van der Waals surface area contributed by atoms with Gasteiger partial charge in [-0.1, -0.05) is 0 Å². The van der Waals surface area contributed by atoms with Gasteiger partial charge in [0.1, 0.15) is 4.75 Å². The van der Waals surface area contributed by atoms with Crippen molar-refractivity contribution in [1.82, 2.24) is 0 Å². The highest BCUT2D eigenvalue weighted by Crippen LogP contribution is 2.40. The van der Waals surface area contributed by atoms with Crippen molar-refractivity contribution >= 4 is 44.0 Å². The predicted molar refractivity (Wildman–Crippen MR) is 78.5 cm³/mol. The molecule has 6 heteroatoms. The lowest BCUT2D eigenvalue weighted by Gasteiger charge is -2.37. The molecule has 0 N–H and O–H groups in total. The van der Waals surface area contributed by atoms with E-state index in [9.17, 15) is 13.2 Å². The van der Waals surface area contributed by atoms with Gasteiger partial charge in [-0.25, -0.2) is 8.42 Å². The molecule has 0 unspecified atom stereocenters. The standard InChI is InChI=1S/C12H14INO3S/c1-4-14-9-6-5-8(13)7-10(9)18(16,17)12(2,3)11(14)15/h5-7H,4H2,1-3H3. The van der Waals surface area contributed by atoms with Gasteiger partial charge in [-0.15, -0.1) is 0 Å². The molecule has 1 aliphatic rings. The van der Waals surface area contributed by atoms with E-state index in [2.05, 4.69) is 22.6 Å². The molecule has 18 heavy (non-hydrogen) atoms. The number of halogens is 1. The summed E-state index contributed by atoms with van der Waals surface area (Å²) in [5.41, 5.74) is 0.488. The lowest BCUT2D eigenvalue weighted by atomic mass is 10.1. The van der Waals surface area contributed by atoms with Crippen molar-refractivity contribution in [3.63, 3.8) is 0 Å². The Labute approximate surface area is 120 Å². The zero-order valence-electron chi connectivity index (χ0n) is 10.4. The highest BCUT2D eigenvalue weighted by molar-refractivity contribution is 14.1. The second-order valence-electron chi connectivity index (χ2n) is 4.68. The lowest BCUT2D eigenvalue weighted by molar-refractivity contribution is -0.120. The van der Waals surface area contributed by atoms with Crippen LogP contribution in [0.15, 0.2) is 23.1 Å². The number of rotatable bonds is 1. The minimum Gasteiger partial charge on any atom is -0.310 e. The first-order valence-electron chi connectivity index (χ1n) is 5.59. The van der Waals surface area contributed by atoms with Crippen LogP contribution >= 0.6 is 22.6 Å². The molecule has 0 aliphatic carbocycles. The van der Waals surface area contributed by atoms with Crippen molar-refractivity contribution in [3.8, 4) is 0 Å². The first-order chi connectivity index (χ1) is 8.23. The number of amides is 1. The summed E-state index contributed by atoms with van der Waals surface area (Å²) in [5.74, 6) is -0.362. The largest absolute Gasteiger partial charge is 0.310 e. The molecule has 1 aliphatic heterocycles. The fourth-order valence-corrected chi connectivity index (χ4v) is 4.39. The fraction of sp³-hybridized carbons (Fsp3) is 0.417. The van der Waals surface area contributed by atoms with Crippen LogP contribution in [0.5, 0.6) is 0 Å². The lowest BCUT2D eigenvalue weighted by Crippen LogP contribution is -2.54. The van der Waals surface area contributed by atoms with Crippen molar-refractivity contribution in [1.29, 1.82) is 0 Å². The number of anilines is 1. The summed E-state index contributed by atoms with van der Waals surface area (Å²) in [6, 6.07) is 5.14. The van der Waals surface area contributed by atoms with Crippen LogP contribution < -0.4 is 4.90 Å². The van der Waals surface area contributed by atoms with Gasteiger partial charge in [0.25, 0.3) is 0 Å². The average molecular weight is 379 g/mol. The quantitative estimate of drug-likeness (QED) is 0.704. The van der Waals surface area contributed by atoms with Gasteiger partial charge in [0, 0.05) is 10.1 Å². The number of hydrogen-bond donors (Lipinski definition) is 0. The summed E-state index contributed by atoms with van der Waals surface area (Å²) in [4.78, 5) is 14.1. The van der Waals surface area contributed by atoms with Gasteiger partial charge in [0.05, 0.1) is 10.6 Å². The number of benzene rings is 1. The molecular formula is C12H14INO3S. The van der Waals surface area contributed by atoms with E-state index in [-0.39, 0.29) is 10.8 Å². The van der Waals surface area contributed by atoms with Gasteiger partial charge in [0.15, 0.2) is 9.84 Å².